The third-order valence-corrected chi connectivity index (χ3v) is 2.41. The second-order valence-corrected chi connectivity index (χ2v) is 3.35. The van der Waals surface area contributed by atoms with Gasteiger partial charge in [0.2, 0.25) is 0 Å². The molecule has 0 radical (unpaired) electrons. The van der Waals surface area contributed by atoms with Crippen LogP contribution in [0, 0.1) is 24.4 Å². The van der Waals surface area contributed by atoms with Gasteiger partial charge in [-0.2, -0.15) is 0 Å². The SMILES string of the molecule is Cc1c(F)c(F)c(Br)c(F)c1C(=O)O. The summed E-state index contributed by atoms with van der Waals surface area (Å²) in [4.78, 5) is 10.5. The first-order valence-corrected chi connectivity index (χ1v) is 4.23. The van der Waals surface area contributed by atoms with E-state index >= 15 is 0 Å². The molecule has 6 heteroatoms. The molecule has 14 heavy (non-hydrogen) atoms. The number of rotatable bonds is 1. The van der Waals surface area contributed by atoms with Crippen LogP contribution < -0.4 is 0 Å². The van der Waals surface area contributed by atoms with Crippen molar-refractivity contribution < 1.29 is 23.1 Å². The molecule has 0 amide bonds. The fourth-order valence-electron chi connectivity index (χ4n) is 0.996. The molecule has 76 valence electrons. The van der Waals surface area contributed by atoms with Gasteiger partial charge in [0, 0.05) is 5.56 Å². The molecule has 0 bridgehead atoms. The van der Waals surface area contributed by atoms with Gasteiger partial charge in [-0.25, -0.2) is 18.0 Å². The molecule has 0 saturated heterocycles. The van der Waals surface area contributed by atoms with Gasteiger partial charge in [-0.1, -0.05) is 0 Å². The first-order chi connectivity index (χ1) is 6.37. The Morgan fingerprint density at radius 3 is 2.14 bits per heavy atom. The number of benzene rings is 1. The van der Waals surface area contributed by atoms with Gasteiger partial charge in [0.05, 0.1) is 4.47 Å². The van der Waals surface area contributed by atoms with E-state index in [2.05, 4.69) is 15.9 Å². The van der Waals surface area contributed by atoms with E-state index in [1.54, 1.807) is 0 Å². The van der Waals surface area contributed by atoms with Crippen LogP contribution in [0.25, 0.3) is 0 Å². The quantitative estimate of drug-likeness (QED) is 0.628. The number of carbonyl (C=O) groups is 1. The van der Waals surface area contributed by atoms with Crippen LogP contribution in [-0.2, 0) is 0 Å². The van der Waals surface area contributed by atoms with Crippen molar-refractivity contribution in [2.75, 3.05) is 0 Å². The summed E-state index contributed by atoms with van der Waals surface area (Å²) >= 11 is 2.43. The van der Waals surface area contributed by atoms with Crippen LogP contribution in [0.2, 0.25) is 0 Å². The third kappa shape index (κ3) is 1.50. The van der Waals surface area contributed by atoms with Crippen molar-refractivity contribution in [2.45, 2.75) is 6.92 Å². The smallest absolute Gasteiger partial charge is 0.339 e. The van der Waals surface area contributed by atoms with Crippen LogP contribution in [0.4, 0.5) is 13.2 Å². The van der Waals surface area contributed by atoms with Crippen LogP contribution in [0.15, 0.2) is 4.47 Å². The summed E-state index contributed by atoms with van der Waals surface area (Å²) in [6.07, 6.45) is 0. The Morgan fingerprint density at radius 1 is 1.21 bits per heavy atom. The Labute approximate surface area is 85.5 Å². The number of hydrogen-bond donors (Lipinski definition) is 1. The lowest BCUT2D eigenvalue weighted by molar-refractivity contribution is 0.0690. The van der Waals surface area contributed by atoms with Crippen molar-refractivity contribution in [3.05, 3.63) is 33.1 Å². The zero-order valence-electron chi connectivity index (χ0n) is 6.87. The van der Waals surface area contributed by atoms with Gasteiger partial charge in [-0.3, -0.25) is 0 Å². The van der Waals surface area contributed by atoms with Crippen molar-refractivity contribution in [3.63, 3.8) is 0 Å². The second-order valence-electron chi connectivity index (χ2n) is 2.56. The van der Waals surface area contributed by atoms with Gasteiger partial charge in [0.25, 0.3) is 0 Å². The predicted molar refractivity (Wildman–Crippen MR) is 45.7 cm³/mol. The lowest BCUT2D eigenvalue weighted by Gasteiger charge is -2.07. The zero-order valence-corrected chi connectivity index (χ0v) is 8.45. The fraction of sp³-hybridized carbons (Fsp3) is 0.125. The second kappa shape index (κ2) is 3.61. The molecule has 0 spiro atoms. The molecule has 0 heterocycles. The van der Waals surface area contributed by atoms with Gasteiger partial charge in [0.15, 0.2) is 17.5 Å². The topological polar surface area (TPSA) is 37.3 Å². The minimum absolute atomic E-state index is 0.560. The molecule has 1 aromatic carbocycles. The average molecular weight is 269 g/mol. The normalized spacial score (nSPS) is 10.4. The molecule has 0 aliphatic rings. The Bertz CT molecular complexity index is 389. The van der Waals surface area contributed by atoms with Crippen molar-refractivity contribution >= 4 is 21.9 Å². The van der Waals surface area contributed by atoms with Crippen LogP contribution in [0.1, 0.15) is 15.9 Å². The zero-order chi connectivity index (χ0) is 11.0. The number of halogens is 4. The molecule has 1 aromatic rings. The van der Waals surface area contributed by atoms with Crippen LogP contribution in [-0.4, -0.2) is 11.1 Å². The van der Waals surface area contributed by atoms with Crippen molar-refractivity contribution in [3.8, 4) is 0 Å². The third-order valence-electron chi connectivity index (χ3n) is 1.72. The maximum Gasteiger partial charge on any atom is 0.339 e. The summed E-state index contributed by atoms with van der Waals surface area (Å²) in [7, 11) is 0. The minimum atomic E-state index is -1.64. The van der Waals surface area contributed by atoms with E-state index in [0.717, 1.165) is 6.92 Å². The minimum Gasteiger partial charge on any atom is -0.478 e. The summed E-state index contributed by atoms with van der Waals surface area (Å²) < 4.78 is 38.1. The summed E-state index contributed by atoms with van der Waals surface area (Å²) in [5, 5.41) is 8.54. The largest absolute Gasteiger partial charge is 0.478 e. The highest BCUT2D eigenvalue weighted by Gasteiger charge is 2.24. The van der Waals surface area contributed by atoms with E-state index in [9.17, 15) is 18.0 Å². The first-order valence-electron chi connectivity index (χ1n) is 3.43. The van der Waals surface area contributed by atoms with Crippen molar-refractivity contribution in [2.24, 2.45) is 0 Å². The van der Waals surface area contributed by atoms with Gasteiger partial charge >= 0.3 is 5.97 Å². The molecule has 0 saturated carbocycles. The van der Waals surface area contributed by atoms with Crippen LogP contribution >= 0.6 is 15.9 Å². The van der Waals surface area contributed by atoms with E-state index < -0.39 is 39.0 Å². The van der Waals surface area contributed by atoms with Crippen LogP contribution in [0.3, 0.4) is 0 Å². The van der Waals surface area contributed by atoms with Gasteiger partial charge in [-0.05, 0) is 22.9 Å². The first kappa shape index (κ1) is 11.0. The van der Waals surface area contributed by atoms with E-state index in [0.29, 0.717) is 0 Å². The highest BCUT2D eigenvalue weighted by atomic mass is 79.9. The number of aromatic carboxylic acids is 1. The molecular formula is C8H4BrF3O2. The molecule has 0 aromatic heterocycles. The van der Waals surface area contributed by atoms with Crippen molar-refractivity contribution in [1.29, 1.82) is 0 Å². The molecule has 0 atom stereocenters. The van der Waals surface area contributed by atoms with E-state index in [1.165, 1.54) is 0 Å². The number of carboxylic acid groups (broad SMARTS) is 1. The Balaban J connectivity index is 3.68. The molecule has 1 rings (SSSR count). The van der Waals surface area contributed by atoms with Crippen LogP contribution in [0.5, 0.6) is 0 Å². The molecular weight excluding hydrogens is 265 g/mol. The van der Waals surface area contributed by atoms with E-state index in [-0.39, 0.29) is 0 Å². The molecule has 2 nitrogen and oxygen atoms in total. The Morgan fingerprint density at radius 2 is 1.71 bits per heavy atom. The average Bonchev–Trinajstić information content (AvgIpc) is 2.11. The molecule has 0 aliphatic carbocycles. The van der Waals surface area contributed by atoms with Crippen molar-refractivity contribution in [1.82, 2.24) is 0 Å². The van der Waals surface area contributed by atoms with Gasteiger partial charge in [0.1, 0.15) is 5.56 Å². The fourth-order valence-corrected chi connectivity index (χ4v) is 1.37. The highest BCUT2D eigenvalue weighted by Crippen LogP contribution is 2.28. The monoisotopic (exact) mass is 268 g/mol. The molecule has 0 fully saturated rings. The van der Waals surface area contributed by atoms with E-state index in [1.807, 2.05) is 0 Å². The summed E-state index contributed by atoms with van der Waals surface area (Å²) in [6, 6.07) is 0. The maximum atomic E-state index is 13.1. The number of hydrogen-bond acceptors (Lipinski definition) is 1. The predicted octanol–water partition coefficient (Wildman–Crippen LogP) is 2.87. The number of carboxylic acids is 1. The summed E-state index contributed by atoms with van der Waals surface area (Å²) in [5.74, 6) is -5.74. The van der Waals surface area contributed by atoms with E-state index in [4.69, 9.17) is 5.11 Å². The standard InChI is InChI=1S/C8H4BrF3O2/c1-2-3(8(13)14)6(11)4(9)7(12)5(2)10/h1H3,(H,13,14). The highest BCUT2D eigenvalue weighted by molar-refractivity contribution is 9.10. The molecule has 0 aliphatic heterocycles. The molecule has 0 unspecified atom stereocenters. The Kier molecular flexibility index (Phi) is 2.84. The summed E-state index contributed by atoms with van der Waals surface area (Å²) in [5.41, 5.74) is -1.42. The summed E-state index contributed by atoms with van der Waals surface area (Å²) in [6.45, 7) is 0.997. The maximum absolute atomic E-state index is 13.1. The lowest BCUT2D eigenvalue weighted by Crippen LogP contribution is -2.09. The Hall–Kier alpha value is -1.04. The lowest BCUT2D eigenvalue weighted by atomic mass is 10.1. The van der Waals surface area contributed by atoms with Gasteiger partial charge in [-0.15, -0.1) is 0 Å². The van der Waals surface area contributed by atoms with Gasteiger partial charge < -0.3 is 5.11 Å². The molecule has 1 N–H and O–H groups in total.